The number of nitrogens with one attached hydrogen (secondary N) is 2. The minimum Gasteiger partial charge on any atom is -0.494 e. The van der Waals surface area contributed by atoms with Crippen LogP contribution in [0.2, 0.25) is 0 Å². The Labute approximate surface area is 274 Å². The third kappa shape index (κ3) is 10.2. The van der Waals surface area contributed by atoms with Crippen LogP contribution in [0.1, 0.15) is 97.1 Å². The zero-order valence-electron chi connectivity index (χ0n) is 27.8. The zero-order chi connectivity index (χ0) is 32.7. The maximum Gasteiger partial charge on any atom is 0.255 e. The van der Waals surface area contributed by atoms with Crippen molar-refractivity contribution >= 4 is 23.2 Å². The summed E-state index contributed by atoms with van der Waals surface area (Å²) in [6.07, 6.45) is 9.26. The van der Waals surface area contributed by atoms with Crippen LogP contribution in [-0.4, -0.2) is 25.0 Å². The van der Waals surface area contributed by atoms with Gasteiger partial charge in [0.1, 0.15) is 11.5 Å². The Hall–Kier alpha value is -4.58. The number of carbonyl (C=O) groups is 2. The zero-order valence-corrected chi connectivity index (χ0v) is 27.8. The van der Waals surface area contributed by atoms with Crippen LogP contribution >= 0.6 is 0 Å². The van der Waals surface area contributed by atoms with Crippen LogP contribution < -0.4 is 20.1 Å². The highest BCUT2D eigenvalue weighted by Crippen LogP contribution is 2.29. The highest BCUT2D eigenvalue weighted by atomic mass is 16.5. The first-order valence-electron chi connectivity index (χ1n) is 16.7. The van der Waals surface area contributed by atoms with Crippen molar-refractivity contribution in [2.45, 2.75) is 79.1 Å². The van der Waals surface area contributed by atoms with Crippen molar-refractivity contribution in [3.63, 3.8) is 0 Å². The van der Waals surface area contributed by atoms with Crippen LogP contribution in [0.5, 0.6) is 11.5 Å². The van der Waals surface area contributed by atoms with Crippen molar-refractivity contribution in [3.8, 4) is 22.6 Å². The second kappa shape index (κ2) is 17.8. The third-order valence-electron chi connectivity index (χ3n) is 8.05. The number of anilines is 2. The number of amides is 2. The summed E-state index contributed by atoms with van der Waals surface area (Å²) < 4.78 is 11.6. The second-order valence-electron chi connectivity index (χ2n) is 11.8. The lowest BCUT2D eigenvalue weighted by molar-refractivity contribution is 0.101. The predicted octanol–water partition coefficient (Wildman–Crippen LogP) is 10.4. The van der Waals surface area contributed by atoms with E-state index in [0.29, 0.717) is 24.3 Å². The van der Waals surface area contributed by atoms with E-state index in [0.717, 1.165) is 58.0 Å². The van der Waals surface area contributed by atoms with Gasteiger partial charge >= 0.3 is 0 Å². The van der Waals surface area contributed by atoms with Crippen LogP contribution in [0, 0.1) is 13.8 Å². The van der Waals surface area contributed by atoms with Gasteiger partial charge in [-0.05, 0) is 122 Å². The fourth-order valence-corrected chi connectivity index (χ4v) is 5.20. The van der Waals surface area contributed by atoms with Gasteiger partial charge in [0.2, 0.25) is 0 Å². The maximum atomic E-state index is 12.9. The molecule has 4 aromatic rings. The van der Waals surface area contributed by atoms with Gasteiger partial charge in [0.25, 0.3) is 11.8 Å². The fourth-order valence-electron chi connectivity index (χ4n) is 5.20. The summed E-state index contributed by atoms with van der Waals surface area (Å²) in [6.45, 7) is 9.74. The molecule has 0 aliphatic rings. The van der Waals surface area contributed by atoms with E-state index in [1.165, 1.54) is 38.5 Å². The SMILES string of the molecule is CCCCCCOc1ccc(C(=O)Nc2ccc(-c3ccc(NC(=O)c4ccc(OCCCCCC)cc4)c(C)c3)cc2C)cc1. The predicted molar refractivity (Wildman–Crippen MR) is 189 cm³/mol. The molecule has 0 aliphatic carbocycles. The average Bonchev–Trinajstić information content (AvgIpc) is 3.07. The summed E-state index contributed by atoms with van der Waals surface area (Å²) in [5.74, 6) is 1.24. The lowest BCUT2D eigenvalue weighted by Gasteiger charge is -2.13. The molecule has 0 spiro atoms. The Kier molecular flexibility index (Phi) is 13.3. The van der Waals surface area contributed by atoms with Crippen LogP contribution in [0.15, 0.2) is 84.9 Å². The van der Waals surface area contributed by atoms with Crippen molar-refractivity contribution in [3.05, 3.63) is 107 Å². The number of aryl methyl sites for hydroxylation is 2. The van der Waals surface area contributed by atoms with Gasteiger partial charge in [0, 0.05) is 22.5 Å². The number of ether oxygens (including phenoxy) is 2. The van der Waals surface area contributed by atoms with Gasteiger partial charge in [0.05, 0.1) is 13.2 Å². The second-order valence-corrected chi connectivity index (χ2v) is 11.8. The highest BCUT2D eigenvalue weighted by molar-refractivity contribution is 6.05. The van der Waals surface area contributed by atoms with Gasteiger partial charge < -0.3 is 20.1 Å². The Morgan fingerprint density at radius 3 is 1.26 bits per heavy atom. The number of hydrogen-bond donors (Lipinski definition) is 2. The summed E-state index contributed by atoms with van der Waals surface area (Å²) in [6, 6.07) is 26.6. The Bertz CT molecular complexity index is 1440. The lowest BCUT2D eigenvalue weighted by atomic mass is 9.99. The molecule has 0 fully saturated rings. The summed E-state index contributed by atoms with van der Waals surface area (Å²) in [4.78, 5) is 25.9. The lowest BCUT2D eigenvalue weighted by Crippen LogP contribution is -2.13. The normalized spacial score (nSPS) is 10.8. The van der Waals surface area contributed by atoms with Gasteiger partial charge in [0.15, 0.2) is 0 Å². The van der Waals surface area contributed by atoms with Crippen molar-refractivity contribution in [1.82, 2.24) is 0 Å². The van der Waals surface area contributed by atoms with E-state index in [1.807, 2.05) is 62.4 Å². The standard InChI is InChI=1S/C40H48N2O4/c1-5-7-9-11-25-45-35-19-13-31(14-20-35)39(43)41-37-23-17-33(27-29(37)3)34-18-24-38(30(4)28-34)42-40(44)32-15-21-36(22-16-32)46-26-12-10-8-6-2/h13-24,27-28H,5-12,25-26H2,1-4H3,(H,41,43)(H,42,44). The molecule has 0 bridgehead atoms. The van der Waals surface area contributed by atoms with Crippen molar-refractivity contribution < 1.29 is 19.1 Å². The van der Waals surface area contributed by atoms with E-state index in [2.05, 4.69) is 36.6 Å². The molecule has 0 aliphatic heterocycles. The summed E-state index contributed by atoms with van der Waals surface area (Å²) in [5, 5.41) is 6.07. The largest absolute Gasteiger partial charge is 0.494 e. The van der Waals surface area contributed by atoms with Gasteiger partial charge in [-0.15, -0.1) is 0 Å². The van der Waals surface area contributed by atoms with Crippen molar-refractivity contribution in [1.29, 1.82) is 0 Å². The van der Waals surface area contributed by atoms with Crippen LogP contribution in [0.3, 0.4) is 0 Å². The van der Waals surface area contributed by atoms with Gasteiger partial charge in [-0.2, -0.15) is 0 Å². The average molecular weight is 621 g/mol. The van der Waals surface area contributed by atoms with E-state index >= 15 is 0 Å². The molecule has 0 aromatic heterocycles. The molecule has 46 heavy (non-hydrogen) atoms. The smallest absolute Gasteiger partial charge is 0.255 e. The first kappa shape index (κ1) is 34.3. The first-order valence-corrected chi connectivity index (χ1v) is 16.7. The molecule has 6 heteroatoms. The molecule has 6 nitrogen and oxygen atoms in total. The van der Waals surface area contributed by atoms with E-state index in [9.17, 15) is 9.59 Å². The molecule has 0 saturated carbocycles. The van der Waals surface area contributed by atoms with Crippen molar-refractivity contribution in [2.75, 3.05) is 23.8 Å². The molecule has 0 unspecified atom stereocenters. The van der Waals surface area contributed by atoms with E-state index < -0.39 is 0 Å². The molecule has 4 aromatic carbocycles. The maximum absolute atomic E-state index is 12.9. The number of rotatable bonds is 17. The molecule has 4 rings (SSSR count). The molecule has 0 heterocycles. The highest BCUT2D eigenvalue weighted by Gasteiger charge is 2.12. The summed E-state index contributed by atoms with van der Waals surface area (Å²) >= 11 is 0. The first-order chi connectivity index (χ1) is 22.4. The Balaban J connectivity index is 1.31. The number of unbranched alkanes of at least 4 members (excludes halogenated alkanes) is 6. The minimum absolute atomic E-state index is 0.161. The van der Waals surface area contributed by atoms with Gasteiger partial charge in [-0.25, -0.2) is 0 Å². The van der Waals surface area contributed by atoms with Crippen LogP contribution in [0.4, 0.5) is 11.4 Å². The molecule has 0 atom stereocenters. The monoisotopic (exact) mass is 620 g/mol. The molecule has 2 N–H and O–H groups in total. The fraction of sp³-hybridized carbons (Fsp3) is 0.350. The number of hydrogen-bond acceptors (Lipinski definition) is 4. The molecular weight excluding hydrogens is 572 g/mol. The van der Waals surface area contributed by atoms with Crippen molar-refractivity contribution in [2.24, 2.45) is 0 Å². The third-order valence-corrected chi connectivity index (χ3v) is 8.05. The minimum atomic E-state index is -0.161. The molecule has 0 saturated heterocycles. The van der Waals surface area contributed by atoms with Crippen LogP contribution in [-0.2, 0) is 0 Å². The molecule has 2 amide bonds. The Morgan fingerprint density at radius 1 is 0.522 bits per heavy atom. The summed E-state index contributed by atoms with van der Waals surface area (Å²) in [5.41, 5.74) is 6.67. The molecule has 242 valence electrons. The summed E-state index contributed by atoms with van der Waals surface area (Å²) in [7, 11) is 0. The van der Waals surface area contributed by atoms with E-state index in [1.54, 1.807) is 24.3 Å². The molecule has 0 radical (unpaired) electrons. The van der Waals surface area contributed by atoms with Gasteiger partial charge in [-0.1, -0.05) is 64.5 Å². The number of carbonyl (C=O) groups excluding carboxylic acids is 2. The molecular formula is C40H48N2O4. The quantitative estimate of drug-likeness (QED) is 0.115. The number of benzene rings is 4. The van der Waals surface area contributed by atoms with E-state index in [4.69, 9.17) is 9.47 Å². The van der Waals surface area contributed by atoms with Crippen LogP contribution in [0.25, 0.3) is 11.1 Å². The Morgan fingerprint density at radius 2 is 0.913 bits per heavy atom. The van der Waals surface area contributed by atoms with Gasteiger partial charge in [-0.3, -0.25) is 9.59 Å². The topological polar surface area (TPSA) is 76.7 Å². The van der Waals surface area contributed by atoms with E-state index in [-0.39, 0.29) is 11.8 Å².